The molecule has 0 aliphatic carbocycles. The van der Waals surface area contributed by atoms with E-state index in [1.54, 1.807) is 11.0 Å². The lowest BCUT2D eigenvalue weighted by molar-refractivity contribution is 0.0692. The number of hydrogen-bond donors (Lipinski definition) is 1. The average Bonchev–Trinajstić information content (AvgIpc) is 3.24. The van der Waals surface area contributed by atoms with Gasteiger partial charge in [-0.05, 0) is 30.3 Å². The average molecular weight is 414 g/mol. The summed E-state index contributed by atoms with van der Waals surface area (Å²) in [6.45, 7) is 0.869. The van der Waals surface area contributed by atoms with Crippen molar-refractivity contribution in [2.24, 2.45) is 0 Å². The minimum absolute atomic E-state index is 0.0414. The number of aromatic nitrogens is 2. The van der Waals surface area contributed by atoms with Gasteiger partial charge in [-0.1, -0.05) is 30.3 Å². The SMILES string of the molecule is O=C(c1cc(-c2ccccc2)n[nH]1)N1CCN(S(=O)(=O)c2ccc(F)cc2)CC1. The van der Waals surface area contributed by atoms with Gasteiger partial charge in [-0.15, -0.1) is 0 Å². The van der Waals surface area contributed by atoms with Gasteiger partial charge >= 0.3 is 0 Å². The van der Waals surface area contributed by atoms with Crippen molar-refractivity contribution in [3.05, 3.63) is 72.2 Å². The third-order valence-corrected chi connectivity index (χ3v) is 6.77. The van der Waals surface area contributed by atoms with Gasteiger partial charge in [0.15, 0.2) is 0 Å². The maximum absolute atomic E-state index is 13.1. The molecule has 1 aliphatic heterocycles. The second-order valence-corrected chi connectivity index (χ2v) is 8.62. The van der Waals surface area contributed by atoms with Crippen LogP contribution < -0.4 is 0 Å². The van der Waals surface area contributed by atoms with Crippen LogP contribution >= 0.6 is 0 Å². The lowest BCUT2D eigenvalue weighted by Gasteiger charge is -2.33. The minimum Gasteiger partial charge on any atom is -0.335 e. The van der Waals surface area contributed by atoms with E-state index in [0.717, 1.165) is 17.7 Å². The summed E-state index contributed by atoms with van der Waals surface area (Å²) in [4.78, 5) is 14.4. The van der Waals surface area contributed by atoms with Crippen molar-refractivity contribution in [2.75, 3.05) is 26.2 Å². The smallest absolute Gasteiger partial charge is 0.271 e. The third kappa shape index (κ3) is 3.92. The molecule has 0 unspecified atom stereocenters. The van der Waals surface area contributed by atoms with Gasteiger partial charge in [0.2, 0.25) is 10.0 Å². The summed E-state index contributed by atoms with van der Waals surface area (Å²) in [5, 5.41) is 6.96. The molecule has 0 atom stereocenters. The molecule has 1 N–H and O–H groups in total. The molecule has 1 fully saturated rings. The molecule has 4 rings (SSSR count). The van der Waals surface area contributed by atoms with Gasteiger partial charge in [-0.25, -0.2) is 12.8 Å². The Bertz CT molecular complexity index is 1110. The van der Waals surface area contributed by atoms with Gasteiger partial charge in [0.05, 0.1) is 10.6 Å². The van der Waals surface area contributed by atoms with E-state index in [1.165, 1.54) is 16.4 Å². The molecule has 150 valence electrons. The number of rotatable bonds is 4. The van der Waals surface area contributed by atoms with Crippen molar-refractivity contribution in [1.82, 2.24) is 19.4 Å². The van der Waals surface area contributed by atoms with Crippen LogP contribution in [0.2, 0.25) is 0 Å². The highest BCUT2D eigenvalue weighted by molar-refractivity contribution is 7.89. The van der Waals surface area contributed by atoms with Gasteiger partial charge in [0.25, 0.3) is 5.91 Å². The minimum atomic E-state index is -3.72. The number of nitrogens with one attached hydrogen (secondary N) is 1. The fourth-order valence-electron chi connectivity index (χ4n) is 3.25. The van der Waals surface area contributed by atoms with E-state index in [9.17, 15) is 17.6 Å². The molecular weight excluding hydrogens is 395 g/mol. The molecule has 2 aromatic carbocycles. The van der Waals surface area contributed by atoms with Crippen LogP contribution in [-0.2, 0) is 10.0 Å². The summed E-state index contributed by atoms with van der Waals surface area (Å²) in [6, 6.07) is 15.9. The second-order valence-electron chi connectivity index (χ2n) is 6.68. The zero-order valence-electron chi connectivity index (χ0n) is 15.5. The third-order valence-electron chi connectivity index (χ3n) is 4.86. The highest BCUT2D eigenvalue weighted by Gasteiger charge is 2.31. The van der Waals surface area contributed by atoms with E-state index in [0.29, 0.717) is 11.4 Å². The Morgan fingerprint density at radius 1 is 0.966 bits per heavy atom. The number of aromatic amines is 1. The molecule has 3 aromatic rings. The number of H-pyrrole nitrogens is 1. The Kier molecular flexibility index (Phi) is 5.16. The van der Waals surface area contributed by atoms with E-state index in [1.807, 2.05) is 30.3 Å². The Labute approximate surface area is 167 Å². The second kappa shape index (κ2) is 7.76. The number of carbonyl (C=O) groups excluding carboxylic acids is 1. The van der Waals surface area contributed by atoms with Crippen LogP contribution in [-0.4, -0.2) is 59.9 Å². The first-order valence-electron chi connectivity index (χ1n) is 9.11. The summed E-state index contributed by atoms with van der Waals surface area (Å²) in [7, 11) is -3.72. The predicted octanol–water partition coefficient (Wildman–Crippen LogP) is 2.36. The number of amides is 1. The van der Waals surface area contributed by atoms with Crippen LogP contribution in [0.5, 0.6) is 0 Å². The summed E-state index contributed by atoms with van der Waals surface area (Å²) in [6.07, 6.45) is 0. The van der Waals surface area contributed by atoms with Gasteiger partial charge in [-0.3, -0.25) is 9.89 Å². The number of sulfonamides is 1. The molecule has 1 saturated heterocycles. The number of carbonyl (C=O) groups is 1. The normalized spacial score (nSPS) is 15.4. The number of hydrogen-bond acceptors (Lipinski definition) is 4. The van der Waals surface area contributed by atoms with Crippen LogP contribution in [0.4, 0.5) is 4.39 Å². The van der Waals surface area contributed by atoms with Gasteiger partial charge in [0.1, 0.15) is 11.5 Å². The predicted molar refractivity (Wildman–Crippen MR) is 105 cm³/mol. The number of benzene rings is 2. The first-order valence-corrected chi connectivity index (χ1v) is 10.5. The van der Waals surface area contributed by atoms with Crippen LogP contribution in [0.1, 0.15) is 10.5 Å². The number of piperazine rings is 1. The molecular formula is C20H19FN4O3S. The molecule has 0 spiro atoms. The first kappa shape index (κ1) is 19.3. The maximum atomic E-state index is 13.1. The lowest BCUT2D eigenvalue weighted by Crippen LogP contribution is -2.50. The standard InChI is InChI=1S/C20H19FN4O3S/c21-16-6-8-17(9-7-16)29(27,28)25-12-10-24(11-13-25)20(26)19-14-18(22-23-19)15-4-2-1-3-5-15/h1-9,14H,10-13H2,(H,22,23). The Morgan fingerprint density at radius 3 is 2.28 bits per heavy atom. The van der Waals surface area contributed by atoms with E-state index < -0.39 is 15.8 Å². The molecule has 29 heavy (non-hydrogen) atoms. The molecule has 1 aliphatic rings. The zero-order chi connectivity index (χ0) is 20.4. The lowest BCUT2D eigenvalue weighted by atomic mass is 10.1. The summed E-state index contributed by atoms with van der Waals surface area (Å²) in [5.41, 5.74) is 1.93. The monoisotopic (exact) mass is 414 g/mol. The summed E-state index contributed by atoms with van der Waals surface area (Å²) < 4.78 is 39.8. The van der Waals surface area contributed by atoms with E-state index >= 15 is 0 Å². The maximum Gasteiger partial charge on any atom is 0.271 e. The molecule has 1 amide bonds. The Morgan fingerprint density at radius 2 is 1.62 bits per heavy atom. The van der Waals surface area contributed by atoms with Gasteiger partial charge in [-0.2, -0.15) is 9.40 Å². The highest BCUT2D eigenvalue weighted by atomic mass is 32.2. The first-order chi connectivity index (χ1) is 13.9. The van der Waals surface area contributed by atoms with E-state index in [4.69, 9.17) is 0 Å². The Hall–Kier alpha value is -3.04. The van der Waals surface area contributed by atoms with Crippen molar-refractivity contribution in [3.8, 4) is 11.3 Å². The molecule has 1 aromatic heterocycles. The van der Waals surface area contributed by atoms with Crippen LogP contribution in [0.3, 0.4) is 0 Å². The van der Waals surface area contributed by atoms with Crippen LogP contribution in [0, 0.1) is 5.82 Å². The largest absolute Gasteiger partial charge is 0.335 e. The number of halogens is 1. The van der Waals surface area contributed by atoms with Gasteiger partial charge < -0.3 is 4.90 Å². The molecule has 2 heterocycles. The quantitative estimate of drug-likeness (QED) is 0.710. The van der Waals surface area contributed by atoms with Crippen LogP contribution in [0.15, 0.2) is 65.6 Å². The number of nitrogens with zero attached hydrogens (tertiary/aromatic N) is 3. The van der Waals surface area contributed by atoms with Crippen LogP contribution in [0.25, 0.3) is 11.3 Å². The highest BCUT2D eigenvalue weighted by Crippen LogP contribution is 2.20. The molecule has 0 bridgehead atoms. The van der Waals surface area contributed by atoms with Crippen molar-refractivity contribution >= 4 is 15.9 Å². The Balaban J connectivity index is 1.42. The topological polar surface area (TPSA) is 86.4 Å². The molecule has 0 saturated carbocycles. The van der Waals surface area contributed by atoms with E-state index in [-0.39, 0.29) is 37.0 Å². The van der Waals surface area contributed by atoms with Gasteiger partial charge in [0, 0.05) is 31.7 Å². The summed E-state index contributed by atoms with van der Waals surface area (Å²) >= 11 is 0. The van der Waals surface area contributed by atoms with Crippen molar-refractivity contribution in [1.29, 1.82) is 0 Å². The molecule has 0 radical (unpaired) electrons. The van der Waals surface area contributed by atoms with E-state index in [2.05, 4.69) is 10.2 Å². The van der Waals surface area contributed by atoms with Crippen molar-refractivity contribution in [2.45, 2.75) is 4.90 Å². The molecule has 7 nitrogen and oxygen atoms in total. The summed E-state index contributed by atoms with van der Waals surface area (Å²) in [5.74, 6) is -0.715. The molecule has 9 heteroatoms. The van der Waals surface area contributed by atoms with Crippen molar-refractivity contribution in [3.63, 3.8) is 0 Å². The fraction of sp³-hybridized carbons (Fsp3) is 0.200. The fourth-order valence-corrected chi connectivity index (χ4v) is 4.67. The zero-order valence-corrected chi connectivity index (χ0v) is 16.3. The van der Waals surface area contributed by atoms with Crippen molar-refractivity contribution < 1.29 is 17.6 Å².